The second kappa shape index (κ2) is 4.94. The molecule has 1 N–H and O–H groups in total. The normalized spacial score (nSPS) is 20.1. The van der Waals surface area contributed by atoms with Gasteiger partial charge in [0.05, 0.1) is 6.10 Å². The first-order valence-electron chi connectivity index (χ1n) is 5.22. The van der Waals surface area contributed by atoms with Crippen molar-refractivity contribution in [2.45, 2.75) is 18.9 Å². The molecule has 79 valence electrons. The fourth-order valence-corrected chi connectivity index (χ4v) is 1.65. The Kier molecular flexibility index (Phi) is 3.35. The van der Waals surface area contributed by atoms with Crippen molar-refractivity contribution >= 4 is 5.91 Å². The van der Waals surface area contributed by atoms with E-state index < -0.39 is 0 Å². The van der Waals surface area contributed by atoms with Crippen LogP contribution in [0.2, 0.25) is 0 Å². The molecule has 1 aromatic rings. The van der Waals surface area contributed by atoms with Crippen molar-refractivity contribution in [2.75, 3.05) is 13.2 Å². The molecule has 1 aliphatic heterocycles. The van der Waals surface area contributed by atoms with E-state index >= 15 is 0 Å². The summed E-state index contributed by atoms with van der Waals surface area (Å²) in [5, 5.41) is 2.86. The molecular weight excluding hydrogens is 190 g/mol. The first kappa shape index (κ1) is 10.2. The van der Waals surface area contributed by atoms with Gasteiger partial charge in [0.1, 0.15) is 0 Å². The highest BCUT2D eigenvalue weighted by molar-refractivity contribution is 5.94. The standard InChI is InChI=1S/C12H14NO2/c14-12(10-5-2-1-3-6-10)13-9-11-7-4-8-15-11/h2-3,5-6,11H,4,7-9H2,(H,13,14). The number of nitrogens with one attached hydrogen (secondary N) is 1. The van der Waals surface area contributed by atoms with Crippen LogP contribution < -0.4 is 5.32 Å². The quantitative estimate of drug-likeness (QED) is 0.808. The minimum absolute atomic E-state index is 0.0421. The molecule has 0 aromatic heterocycles. The first-order chi connectivity index (χ1) is 7.36. The highest BCUT2D eigenvalue weighted by atomic mass is 16.5. The Morgan fingerprint density at radius 1 is 1.53 bits per heavy atom. The molecule has 0 spiro atoms. The van der Waals surface area contributed by atoms with Crippen molar-refractivity contribution < 1.29 is 9.53 Å². The Hall–Kier alpha value is -1.35. The summed E-state index contributed by atoms with van der Waals surface area (Å²) >= 11 is 0. The summed E-state index contributed by atoms with van der Waals surface area (Å²) in [6.45, 7) is 1.43. The predicted molar refractivity (Wildman–Crippen MR) is 56.6 cm³/mol. The van der Waals surface area contributed by atoms with E-state index in [1.807, 2.05) is 0 Å². The van der Waals surface area contributed by atoms with E-state index in [1.165, 1.54) is 0 Å². The molecule has 1 atom stereocenters. The fourth-order valence-electron chi connectivity index (χ4n) is 1.65. The van der Waals surface area contributed by atoms with Crippen LogP contribution in [0, 0.1) is 6.07 Å². The maximum atomic E-state index is 11.6. The second-order valence-electron chi connectivity index (χ2n) is 3.63. The zero-order valence-corrected chi connectivity index (χ0v) is 8.53. The molecule has 1 amide bonds. The molecule has 0 aliphatic carbocycles. The van der Waals surface area contributed by atoms with Crippen molar-refractivity contribution in [3.05, 3.63) is 35.9 Å². The molecule has 0 bridgehead atoms. The lowest BCUT2D eigenvalue weighted by atomic mass is 10.2. The van der Waals surface area contributed by atoms with E-state index in [0.717, 1.165) is 19.4 Å². The Balaban J connectivity index is 1.82. The van der Waals surface area contributed by atoms with Gasteiger partial charge in [0.2, 0.25) is 0 Å². The average molecular weight is 204 g/mol. The van der Waals surface area contributed by atoms with Crippen LogP contribution in [0.4, 0.5) is 0 Å². The van der Waals surface area contributed by atoms with Crippen molar-refractivity contribution in [2.24, 2.45) is 0 Å². The van der Waals surface area contributed by atoms with Crippen LogP contribution in [-0.2, 0) is 4.74 Å². The monoisotopic (exact) mass is 204 g/mol. The summed E-state index contributed by atoms with van der Waals surface area (Å²) in [5.41, 5.74) is 0.673. The third-order valence-electron chi connectivity index (χ3n) is 2.49. The molecule has 2 rings (SSSR count). The number of benzene rings is 1. The number of rotatable bonds is 3. The Morgan fingerprint density at radius 2 is 2.33 bits per heavy atom. The number of hydrogen-bond acceptors (Lipinski definition) is 2. The summed E-state index contributed by atoms with van der Waals surface area (Å²) in [7, 11) is 0. The lowest BCUT2D eigenvalue weighted by molar-refractivity contribution is 0.0858. The summed E-state index contributed by atoms with van der Waals surface area (Å²) < 4.78 is 5.42. The predicted octanol–water partition coefficient (Wildman–Crippen LogP) is 1.40. The summed E-state index contributed by atoms with van der Waals surface area (Å²) in [6.07, 6.45) is 2.34. The molecule has 1 unspecified atom stereocenters. The maximum Gasteiger partial charge on any atom is 0.251 e. The molecule has 15 heavy (non-hydrogen) atoms. The van der Waals surface area contributed by atoms with Gasteiger partial charge in [-0.1, -0.05) is 12.1 Å². The highest BCUT2D eigenvalue weighted by Crippen LogP contribution is 2.10. The minimum atomic E-state index is -0.0421. The van der Waals surface area contributed by atoms with Gasteiger partial charge in [-0.05, 0) is 31.0 Å². The van der Waals surface area contributed by atoms with Crippen LogP contribution in [0.5, 0.6) is 0 Å². The van der Waals surface area contributed by atoms with Gasteiger partial charge in [-0.25, -0.2) is 0 Å². The second-order valence-corrected chi connectivity index (χ2v) is 3.63. The van der Waals surface area contributed by atoms with Crippen LogP contribution in [0.3, 0.4) is 0 Å². The largest absolute Gasteiger partial charge is 0.376 e. The van der Waals surface area contributed by atoms with E-state index in [0.29, 0.717) is 12.1 Å². The third-order valence-corrected chi connectivity index (χ3v) is 2.49. The summed E-state index contributed by atoms with van der Waals surface area (Å²) in [4.78, 5) is 11.6. The van der Waals surface area contributed by atoms with Crippen LogP contribution in [0.1, 0.15) is 23.2 Å². The van der Waals surface area contributed by atoms with E-state index in [-0.39, 0.29) is 12.0 Å². The van der Waals surface area contributed by atoms with Crippen LogP contribution >= 0.6 is 0 Å². The Labute approximate surface area is 89.4 Å². The molecule has 3 nitrogen and oxygen atoms in total. The zero-order chi connectivity index (χ0) is 10.5. The van der Waals surface area contributed by atoms with Gasteiger partial charge in [0.25, 0.3) is 5.91 Å². The number of carbonyl (C=O) groups is 1. The Bertz CT molecular complexity index is 318. The smallest absolute Gasteiger partial charge is 0.251 e. The SMILES string of the molecule is O=C(NCC1CCCO1)c1cc[c]cc1. The number of amides is 1. The highest BCUT2D eigenvalue weighted by Gasteiger charge is 2.16. The minimum Gasteiger partial charge on any atom is -0.376 e. The summed E-state index contributed by atoms with van der Waals surface area (Å²) in [5.74, 6) is -0.0421. The van der Waals surface area contributed by atoms with Crippen LogP contribution in [0.15, 0.2) is 24.3 Å². The molecule has 0 saturated carbocycles. The summed E-state index contributed by atoms with van der Waals surface area (Å²) in [6, 6.07) is 9.86. The van der Waals surface area contributed by atoms with Crippen molar-refractivity contribution in [1.29, 1.82) is 0 Å². The molecule has 1 saturated heterocycles. The number of hydrogen-bond donors (Lipinski definition) is 1. The first-order valence-corrected chi connectivity index (χ1v) is 5.22. The lowest BCUT2D eigenvalue weighted by Gasteiger charge is -2.10. The molecule has 1 aliphatic rings. The van der Waals surface area contributed by atoms with Gasteiger partial charge in [-0.15, -0.1) is 0 Å². The fraction of sp³-hybridized carbons (Fsp3) is 0.417. The molecule has 1 fully saturated rings. The number of carbonyl (C=O) groups excluding carboxylic acids is 1. The Morgan fingerprint density at radius 3 is 3.00 bits per heavy atom. The number of ether oxygens (including phenoxy) is 1. The van der Waals surface area contributed by atoms with E-state index in [2.05, 4.69) is 11.4 Å². The van der Waals surface area contributed by atoms with E-state index in [4.69, 9.17) is 4.74 Å². The maximum absolute atomic E-state index is 11.6. The van der Waals surface area contributed by atoms with Crippen LogP contribution in [-0.4, -0.2) is 25.2 Å². The van der Waals surface area contributed by atoms with Crippen LogP contribution in [0.25, 0.3) is 0 Å². The molecule has 1 aromatic carbocycles. The third kappa shape index (κ3) is 2.80. The molecular formula is C12H14NO2. The molecule has 3 heteroatoms. The van der Waals surface area contributed by atoms with Gasteiger partial charge < -0.3 is 10.1 Å². The van der Waals surface area contributed by atoms with Crippen molar-refractivity contribution in [1.82, 2.24) is 5.32 Å². The van der Waals surface area contributed by atoms with Gasteiger partial charge in [-0.3, -0.25) is 4.79 Å². The zero-order valence-electron chi connectivity index (χ0n) is 8.53. The van der Waals surface area contributed by atoms with Gasteiger partial charge in [0.15, 0.2) is 0 Å². The van der Waals surface area contributed by atoms with E-state index in [9.17, 15) is 4.79 Å². The van der Waals surface area contributed by atoms with Gasteiger partial charge in [0, 0.05) is 18.7 Å². The molecule has 1 heterocycles. The van der Waals surface area contributed by atoms with Crippen molar-refractivity contribution in [3.63, 3.8) is 0 Å². The van der Waals surface area contributed by atoms with Gasteiger partial charge in [-0.2, -0.15) is 0 Å². The molecule has 1 radical (unpaired) electrons. The van der Waals surface area contributed by atoms with E-state index in [1.54, 1.807) is 24.3 Å². The lowest BCUT2D eigenvalue weighted by Crippen LogP contribution is -2.31. The average Bonchev–Trinajstić information content (AvgIpc) is 2.80. The van der Waals surface area contributed by atoms with Gasteiger partial charge >= 0.3 is 0 Å². The topological polar surface area (TPSA) is 38.3 Å². The van der Waals surface area contributed by atoms with Crippen molar-refractivity contribution in [3.8, 4) is 0 Å².